The standard InChI is InChI=1S/C36H76N.C32H18N8.Cu/c1-5-7-9-11-13-15-17-19-21-23-25-27-29-31-33-35-37(3,4)36-34-32-30-28-26-24-22-20-18-16-14-12-10-8-6-2;1-2-10-18-17(9-1)25-33-26(18)38-28-21-13-5-6-14-22(21)30(35-28)40-32-24-16-8-7-15-23(24)31(36-32)39-29-20-12-4-3-11-19(20)27(34-29)37-25;/h5-36H2,1-4H3;1-16H,(H2,33,34,35,36,37,38,39,40);/q+1;;. The molecule has 0 aliphatic carbocycles. The molecule has 4 aromatic carbocycles. The van der Waals surface area contributed by atoms with Crippen LogP contribution in [0.1, 0.15) is 206 Å². The number of hydrogen-bond donors (Lipinski definition) is 2. The van der Waals surface area contributed by atoms with E-state index in [-0.39, 0.29) is 17.1 Å². The molecule has 8 bridgehead atoms. The summed E-state index contributed by atoms with van der Waals surface area (Å²) in [5, 5.41) is 3.82. The van der Waals surface area contributed by atoms with Crippen molar-refractivity contribution in [2.45, 2.75) is 206 Å². The molecule has 0 amide bonds. The van der Waals surface area contributed by atoms with Crippen LogP contribution in [0.2, 0.25) is 0 Å². The second kappa shape index (κ2) is 32.7. The zero-order valence-corrected chi connectivity index (χ0v) is 49.2. The van der Waals surface area contributed by atoms with Gasteiger partial charge in [0.15, 0.2) is 23.3 Å². The van der Waals surface area contributed by atoms with Gasteiger partial charge in [-0.3, -0.25) is 0 Å². The van der Waals surface area contributed by atoms with Crippen molar-refractivity contribution >= 4 is 44.1 Å². The van der Waals surface area contributed by atoms with Crippen LogP contribution >= 0.6 is 0 Å². The average Bonchev–Trinajstić information content (AvgIpc) is 4.22. The van der Waals surface area contributed by atoms with Crippen LogP contribution in [0.15, 0.2) is 97.1 Å². The van der Waals surface area contributed by atoms with Crippen LogP contribution in [-0.4, -0.2) is 71.5 Å². The Labute approximate surface area is 479 Å². The minimum atomic E-state index is 0. The summed E-state index contributed by atoms with van der Waals surface area (Å²) in [5.41, 5.74) is 6.45. The Morgan fingerprint density at radius 2 is 0.487 bits per heavy atom. The summed E-state index contributed by atoms with van der Waals surface area (Å²) in [6.07, 6.45) is 43.9. The largest absolute Gasteiger partial charge is 0.328 e. The molecule has 2 N–H and O–H groups in total. The van der Waals surface area contributed by atoms with Gasteiger partial charge in [-0.15, -0.1) is 0 Å². The number of rotatable bonds is 32. The molecule has 10 heteroatoms. The summed E-state index contributed by atoms with van der Waals surface area (Å²) in [5.74, 6) is 2.39. The molecular weight excluding hydrogens is 1010 g/mol. The Hall–Kier alpha value is -5.28. The molecule has 5 heterocycles. The van der Waals surface area contributed by atoms with Crippen molar-refractivity contribution in [3.8, 4) is 45.6 Å². The van der Waals surface area contributed by atoms with Crippen LogP contribution in [0, 0.1) is 0 Å². The molecule has 421 valence electrons. The Bertz CT molecular complexity index is 2690. The van der Waals surface area contributed by atoms with E-state index in [1.165, 1.54) is 210 Å². The summed E-state index contributed by atoms with van der Waals surface area (Å²) < 4.78 is 1.25. The maximum Gasteiger partial charge on any atom is 0.164 e. The molecule has 9 nitrogen and oxygen atoms in total. The van der Waals surface area contributed by atoms with Gasteiger partial charge in [0.1, 0.15) is 22.6 Å². The van der Waals surface area contributed by atoms with E-state index in [2.05, 4.69) is 37.9 Å². The van der Waals surface area contributed by atoms with Crippen LogP contribution in [0.4, 0.5) is 0 Å². The molecule has 0 spiro atoms. The van der Waals surface area contributed by atoms with Crippen molar-refractivity contribution in [3.05, 3.63) is 97.1 Å². The van der Waals surface area contributed by atoms with Crippen molar-refractivity contribution in [1.29, 1.82) is 0 Å². The first kappa shape index (κ1) is 60.4. The minimum Gasteiger partial charge on any atom is -0.328 e. The smallest absolute Gasteiger partial charge is 0.164 e. The third-order valence-electron chi connectivity index (χ3n) is 16.2. The summed E-state index contributed by atoms with van der Waals surface area (Å²) in [6.45, 7) is 7.39. The van der Waals surface area contributed by atoms with E-state index in [0.29, 0.717) is 45.9 Å². The second-order valence-corrected chi connectivity index (χ2v) is 23.1. The molecular formula is C68H94CuN9+. The predicted octanol–water partition coefficient (Wildman–Crippen LogP) is 19.7. The van der Waals surface area contributed by atoms with Crippen molar-refractivity contribution in [1.82, 2.24) is 39.9 Å². The third-order valence-corrected chi connectivity index (χ3v) is 16.2. The van der Waals surface area contributed by atoms with Crippen molar-refractivity contribution in [2.24, 2.45) is 0 Å². The van der Waals surface area contributed by atoms with Gasteiger partial charge in [0.05, 0.1) is 27.2 Å². The molecule has 2 aliphatic rings. The molecule has 0 saturated heterocycles. The van der Waals surface area contributed by atoms with Gasteiger partial charge in [0, 0.05) is 60.9 Å². The van der Waals surface area contributed by atoms with Crippen LogP contribution in [0.5, 0.6) is 0 Å². The normalized spacial score (nSPS) is 11.8. The molecule has 0 atom stereocenters. The third kappa shape index (κ3) is 17.9. The van der Waals surface area contributed by atoms with Crippen molar-refractivity contribution < 1.29 is 21.6 Å². The van der Waals surface area contributed by atoms with Gasteiger partial charge in [0.2, 0.25) is 0 Å². The number of unbranched alkanes of at least 4 members (excludes halogenated alkanes) is 28. The van der Waals surface area contributed by atoms with Gasteiger partial charge in [-0.25, -0.2) is 29.9 Å². The number of aromatic amines is 2. The minimum absolute atomic E-state index is 0. The number of nitrogens with zero attached hydrogens (tertiary/aromatic N) is 7. The molecule has 2 aliphatic heterocycles. The van der Waals surface area contributed by atoms with Gasteiger partial charge in [-0.1, -0.05) is 278 Å². The zero-order valence-electron chi connectivity index (χ0n) is 48.3. The molecule has 3 aromatic heterocycles. The Balaban J connectivity index is 0.000000225. The molecule has 0 unspecified atom stereocenters. The molecule has 0 saturated carbocycles. The maximum atomic E-state index is 5.02. The Morgan fingerprint density at radius 3 is 0.718 bits per heavy atom. The fourth-order valence-electron chi connectivity index (χ4n) is 11.5. The van der Waals surface area contributed by atoms with E-state index in [1.807, 2.05) is 97.1 Å². The molecule has 78 heavy (non-hydrogen) atoms. The maximum absolute atomic E-state index is 5.02. The molecule has 1 radical (unpaired) electrons. The van der Waals surface area contributed by atoms with Crippen LogP contribution in [-0.2, 0) is 17.1 Å². The van der Waals surface area contributed by atoms with E-state index < -0.39 is 0 Å². The number of nitrogens with one attached hydrogen (secondary N) is 2. The van der Waals surface area contributed by atoms with Crippen molar-refractivity contribution in [3.63, 3.8) is 0 Å². The number of benzene rings is 4. The number of hydrogen-bond acceptors (Lipinski definition) is 6. The summed E-state index contributed by atoms with van der Waals surface area (Å²) in [4.78, 5) is 36.8. The van der Waals surface area contributed by atoms with Gasteiger partial charge in [0.25, 0.3) is 0 Å². The van der Waals surface area contributed by atoms with Crippen LogP contribution in [0.3, 0.4) is 0 Å². The van der Waals surface area contributed by atoms with Gasteiger partial charge in [-0.2, -0.15) is 0 Å². The Morgan fingerprint density at radius 1 is 0.282 bits per heavy atom. The summed E-state index contributed by atoms with van der Waals surface area (Å²) in [6, 6.07) is 32.2. The first-order valence-electron chi connectivity index (χ1n) is 30.9. The molecule has 7 aromatic rings. The van der Waals surface area contributed by atoms with Gasteiger partial charge >= 0.3 is 0 Å². The number of H-pyrrole nitrogens is 2. The quantitative estimate of drug-likeness (QED) is 0.0247. The molecule has 0 fully saturated rings. The summed E-state index contributed by atoms with van der Waals surface area (Å²) in [7, 11) is 4.93. The van der Waals surface area contributed by atoms with E-state index in [9.17, 15) is 0 Å². The van der Waals surface area contributed by atoms with Crippen LogP contribution < -0.4 is 0 Å². The predicted molar refractivity (Wildman–Crippen MR) is 328 cm³/mol. The van der Waals surface area contributed by atoms with E-state index >= 15 is 0 Å². The first-order valence-corrected chi connectivity index (χ1v) is 30.9. The topological polar surface area (TPSA) is 109 Å². The molecule has 9 rings (SSSR count). The monoisotopic (exact) mass is 1100 g/mol. The van der Waals surface area contributed by atoms with Crippen molar-refractivity contribution in [2.75, 3.05) is 27.2 Å². The zero-order chi connectivity index (χ0) is 53.3. The average molecular weight is 1100 g/mol. The fourth-order valence-corrected chi connectivity index (χ4v) is 11.5. The van der Waals surface area contributed by atoms with Gasteiger partial charge in [-0.05, 0) is 25.7 Å². The van der Waals surface area contributed by atoms with E-state index in [0.717, 1.165) is 43.8 Å². The first-order chi connectivity index (χ1) is 37.9. The van der Waals surface area contributed by atoms with Crippen LogP contribution in [0.25, 0.3) is 89.7 Å². The van der Waals surface area contributed by atoms with E-state index in [4.69, 9.17) is 29.9 Å². The van der Waals surface area contributed by atoms with E-state index in [1.54, 1.807) is 0 Å². The summed E-state index contributed by atoms with van der Waals surface area (Å²) >= 11 is 0. The number of quaternary nitrogens is 1. The number of aromatic nitrogens is 8. The second-order valence-electron chi connectivity index (χ2n) is 23.1. The number of fused-ring (bicyclic) bond motifs is 20. The van der Waals surface area contributed by atoms with Gasteiger partial charge < -0.3 is 14.5 Å². The SMILES string of the molecule is CCCCCCCCCCCCCCCCC[N+](C)(C)CCCCCCCCCCCCCCCCC.[Cu].c1ccc2c(c1)-c1nc-2nc2[nH]c(nc3nc(nc4[nH]c(n1)c1ccccc41)-c1ccccc1-3)c1ccccc21. The fraction of sp³-hybridized carbons (Fsp3) is 0.529. The Kier molecular flexibility index (Phi) is 25.3.